The van der Waals surface area contributed by atoms with E-state index in [1.165, 1.54) is 42.5 Å². The zero-order valence-electron chi connectivity index (χ0n) is 10.8. The van der Waals surface area contributed by atoms with Gasteiger partial charge in [0, 0.05) is 16.6 Å². The van der Waals surface area contributed by atoms with Gasteiger partial charge in [0.1, 0.15) is 11.9 Å². The van der Waals surface area contributed by atoms with E-state index in [1.54, 1.807) is 6.07 Å². The molecule has 112 valence electrons. The van der Waals surface area contributed by atoms with Crippen molar-refractivity contribution in [3.05, 3.63) is 69.9 Å². The maximum atomic E-state index is 13.6. The summed E-state index contributed by atoms with van der Waals surface area (Å²) in [5.74, 6) is -0.542. The molecule has 0 aliphatic heterocycles. The van der Waals surface area contributed by atoms with Gasteiger partial charge in [-0.15, -0.1) is 0 Å². The average Bonchev–Trinajstić information content (AvgIpc) is 2.42. The predicted molar refractivity (Wildman–Crippen MR) is 76.2 cm³/mol. The van der Waals surface area contributed by atoms with Gasteiger partial charge in [-0.2, -0.15) is 13.2 Å². The summed E-state index contributed by atoms with van der Waals surface area (Å²) >= 11 is 3.17. The number of nitrogens with one attached hydrogen (secondary N) is 1. The second-order valence-corrected chi connectivity index (χ2v) is 5.42. The standard InChI is InChI=1S/C15H12BrF4N/c16-12-6-7-13(17)11(8-12)9-21-14(15(18,19)20)10-4-2-1-3-5-10/h1-8,14,21H,9H2. The Labute approximate surface area is 128 Å². The molecule has 0 aliphatic rings. The highest BCUT2D eigenvalue weighted by Gasteiger charge is 2.40. The predicted octanol–water partition coefficient (Wildman–Crippen LogP) is 4.98. The van der Waals surface area contributed by atoms with Crippen LogP contribution < -0.4 is 5.32 Å². The summed E-state index contributed by atoms with van der Waals surface area (Å²) in [5, 5.41) is 2.37. The second kappa shape index (κ2) is 6.58. The second-order valence-electron chi connectivity index (χ2n) is 4.50. The van der Waals surface area contributed by atoms with E-state index in [9.17, 15) is 17.6 Å². The molecule has 0 radical (unpaired) electrons. The topological polar surface area (TPSA) is 12.0 Å². The first kappa shape index (κ1) is 16.0. The van der Waals surface area contributed by atoms with E-state index in [-0.39, 0.29) is 17.7 Å². The zero-order valence-corrected chi connectivity index (χ0v) is 12.4. The van der Waals surface area contributed by atoms with Crippen LogP contribution in [0.3, 0.4) is 0 Å². The Morgan fingerprint density at radius 2 is 1.71 bits per heavy atom. The highest BCUT2D eigenvalue weighted by atomic mass is 79.9. The maximum Gasteiger partial charge on any atom is 0.407 e. The fourth-order valence-corrected chi connectivity index (χ4v) is 2.37. The maximum absolute atomic E-state index is 13.6. The third-order valence-corrected chi connectivity index (χ3v) is 3.46. The summed E-state index contributed by atoms with van der Waals surface area (Å²) in [6.07, 6.45) is -4.45. The van der Waals surface area contributed by atoms with Gasteiger partial charge >= 0.3 is 6.18 Å². The Morgan fingerprint density at radius 1 is 1.05 bits per heavy atom. The summed E-state index contributed by atoms with van der Waals surface area (Å²) in [4.78, 5) is 0. The molecule has 1 unspecified atom stereocenters. The van der Waals surface area contributed by atoms with E-state index in [0.29, 0.717) is 4.47 Å². The minimum atomic E-state index is -4.45. The number of rotatable bonds is 4. The molecule has 1 nitrogen and oxygen atoms in total. The third-order valence-electron chi connectivity index (χ3n) is 2.96. The van der Waals surface area contributed by atoms with Crippen LogP contribution in [0.15, 0.2) is 53.0 Å². The number of hydrogen-bond acceptors (Lipinski definition) is 1. The summed E-state index contributed by atoms with van der Waals surface area (Å²) < 4.78 is 53.6. The van der Waals surface area contributed by atoms with Gasteiger partial charge < -0.3 is 0 Å². The molecule has 0 heterocycles. The summed E-state index contributed by atoms with van der Waals surface area (Å²) in [6, 6.07) is 9.84. The van der Waals surface area contributed by atoms with Crippen molar-refractivity contribution in [3.8, 4) is 0 Å². The first-order valence-corrected chi connectivity index (χ1v) is 6.96. The monoisotopic (exact) mass is 361 g/mol. The van der Waals surface area contributed by atoms with Crippen LogP contribution in [0.25, 0.3) is 0 Å². The van der Waals surface area contributed by atoms with Gasteiger partial charge in [-0.25, -0.2) is 4.39 Å². The molecule has 6 heteroatoms. The Hall–Kier alpha value is -1.40. The van der Waals surface area contributed by atoms with Gasteiger partial charge in [-0.05, 0) is 23.8 Å². The van der Waals surface area contributed by atoms with Gasteiger partial charge in [0.25, 0.3) is 0 Å². The zero-order chi connectivity index (χ0) is 15.5. The summed E-state index contributed by atoms with van der Waals surface area (Å²) in [6.45, 7) is -0.218. The van der Waals surface area contributed by atoms with Crippen molar-refractivity contribution >= 4 is 15.9 Å². The van der Waals surface area contributed by atoms with Gasteiger partial charge in [-0.1, -0.05) is 46.3 Å². The largest absolute Gasteiger partial charge is 0.407 e. The Morgan fingerprint density at radius 3 is 2.33 bits per heavy atom. The fourth-order valence-electron chi connectivity index (χ4n) is 1.96. The highest BCUT2D eigenvalue weighted by Crippen LogP contribution is 2.33. The van der Waals surface area contributed by atoms with Gasteiger partial charge in [0.2, 0.25) is 0 Å². The van der Waals surface area contributed by atoms with Crippen LogP contribution >= 0.6 is 15.9 Å². The minimum Gasteiger partial charge on any atom is -0.298 e. The van der Waals surface area contributed by atoms with Gasteiger partial charge in [0.05, 0.1) is 0 Å². The molecule has 0 amide bonds. The molecule has 0 spiro atoms. The number of halogens is 5. The molecule has 0 saturated carbocycles. The molecule has 21 heavy (non-hydrogen) atoms. The Balaban J connectivity index is 2.19. The molecular formula is C15H12BrF4N. The van der Waals surface area contributed by atoms with Crippen LogP contribution in [0.2, 0.25) is 0 Å². The molecule has 0 fully saturated rings. The van der Waals surface area contributed by atoms with Crippen molar-refractivity contribution in [2.45, 2.75) is 18.8 Å². The van der Waals surface area contributed by atoms with Crippen LogP contribution in [-0.2, 0) is 6.54 Å². The number of alkyl halides is 3. The molecule has 1 atom stereocenters. The number of benzene rings is 2. The van der Waals surface area contributed by atoms with Crippen molar-refractivity contribution in [1.29, 1.82) is 0 Å². The smallest absolute Gasteiger partial charge is 0.298 e. The Bertz CT molecular complexity index is 598. The lowest BCUT2D eigenvalue weighted by Crippen LogP contribution is -2.34. The van der Waals surface area contributed by atoms with Crippen LogP contribution in [0.5, 0.6) is 0 Å². The molecule has 2 aromatic carbocycles. The van der Waals surface area contributed by atoms with Crippen LogP contribution in [0.4, 0.5) is 17.6 Å². The van der Waals surface area contributed by atoms with Crippen molar-refractivity contribution in [3.63, 3.8) is 0 Å². The quantitative estimate of drug-likeness (QED) is 0.757. The van der Waals surface area contributed by atoms with E-state index in [4.69, 9.17) is 0 Å². The summed E-state index contributed by atoms with van der Waals surface area (Å²) in [5.41, 5.74) is 0.273. The van der Waals surface area contributed by atoms with E-state index >= 15 is 0 Å². The van der Waals surface area contributed by atoms with Crippen LogP contribution in [0.1, 0.15) is 17.2 Å². The minimum absolute atomic E-state index is 0.0976. The number of hydrogen-bond donors (Lipinski definition) is 1. The Kier molecular flexibility index (Phi) is 5.00. The SMILES string of the molecule is Fc1ccc(Br)cc1CNC(c1ccccc1)C(F)(F)F. The van der Waals surface area contributed by atoms with E-state index in [2.05, 4.69) is 21.2 Å². The van der Waals surface area contributed by atoms with Crippen molar-refractivity contribution in [2.75, 3.05) is 0 Å². The molecule has 2 rings (SSSR count). The van der Waals surface area contributed by atoms with Gasteiger partial charge in [0.15, 0.2) is 0 Å². The molecular weight excluding hydrogens is 350 g/mol. The normalized spacial score (nSPS) is 13.2. The van der Waals surface area contributed by atoms with Crippen molar-refractivity contribution in [2.24, 2.45) is 0 Å². The van der Waals surface area contributed by atoms with Crippen molar-refractivity contribution < 1.29 is 17.6 Å². The van der Waals surface area contributed by atoms with Crippen LogP contribution in [0, 0.1) is 5.82 Å². The molecule has 2 aromatic rings. The fraction of sp³-hybridized carbons (Fsp3) is 0.200. The lowest BCUT2D eigenvalue weighted by Gasteiger charge is -2.22. The molecule has 0 aliphatic carbocycles. The molecule has 0 aromatic heterocycles. The first-order valence-electron chi connectivity index (χ1n) is 6.17. The van der Waals surface area contributed by atoms with E-state index in [1.807, 2.05) is 0 Å². The van der Waals surface area contributed by atoms with Crippen LogP contribution in [-0.4, -0.2) is 6.18 Å². The van der Waals surface area contributed by atoms with E-state index in [0.717, 1.165) is 0 Å². The lowest BCUT2D eigenvalue weighted by atomic mass is 10.1. The average molecular weight is 362 g/mol. The van der Waals surface area contributed by atoms with Gasteiger partial charge in [-0.3, -0.25) is 5.32 Å². The molecule has 0 bridgehead atoms. The third kappa shape index (κ3) is 4.28. The molecule has 1 N–H and O–H groups in total. The highest BCUT2D eigenvalue weighted by molar-refractivity contribution is 9.10. The van der Waals surface area contributed by atoms with Crippen molar-refractivity contribution in [1.82, 2.24) is 5.32 Å². The lowest BCUT2D eigenvalue weighted by molar-refractivity contribution is -0.158. The van der Waals surface area contributed by atoms with E-state index < -0.39 is 18.0 Å². The molecule has 0 saturated heterocycles. The summed E-state index contributed by atoms with van der Waals surface area (Å²) in [7, 11) is 0. The first-order chi connectivity index (χ1) is 9.88.